The summed E-state index contributed by atoms with van der Waals surface area (Å²) in [6.45, 7) is 34.8. The number of fused-ring (bicyclic) bond motifs is 6. The van der Waals surface area contributed by atoms with Crippen molar-refractivity contribution in [3.63, 3.8) is 0 Å². The third-order valence-corrected chi connectivity index (χ3v) is 20.5. The second-order valence-corrected chi connectivity index (χ2v) is 25.7. The highest BCUT2D eigenvalue weighted by Crippen LogP contribution is 2.55. The molecule has 454 valence electrons. The summed E-state index contributed by atoms with van der Waals surface area (Å²) in [4.78, 5) is 0. The summed E-state index contributed by atoms with van der Waals surface area (Å²) in [5.41, 5.74) is 21.1. The molecule has 0 atom stereocenters. The van der Waals surface area contributed by atoms with E-state index in [4.69, 9.17) is 90.3 Å². The fraction of sp³-hybridized carbons (Fsp3) is 0.209. The van der Waals surface area contributed by atoms with Crippen molar-refractivity contribution in [2.45, 2.75) is 125 Å². The minimum absolute atomic E-state index is 0.298. The van der Waals surface area contributed by atoms with E-state index in [9.17, 15) is 0 Å². The molecule has 0 aromatic heterocycles. The van der Waals surface area contributed by atoms with Crippen molar-refractivity contribution < 1.29 is 0 Å². The Kier molecular flexibility index (Phi) is 25.8. The molecule has 0 unspecified atom stereocenters. The number of hydrogen-bond acceptors (Lipinski definition) is 0. The number of benzene rings is 8. The lowest BCUT2D eigenvalue weighted by Crippen LogP contribution is -2.72. The Morgan fingerprint density at radius 1 is 0.279 bits per heavy atom. The van der Waals surface area contributed by atoms with Crippen molar-refractivity contribution >= 4 is 206 Å². The standard InChI is InChI=1S/C86H56B18/c1-21-27-32-35-36-38-41-45-64-61(19)69-58(16)53(11)63(43-26-6)66(44-31-25-5)77(69)78-67(47-39-30-24-4)65(46-40-34-29-23-3)68(48-42-37-33-28-22-2)79(76(64)78)81-73-56(14)51(9)49(7)54(12)71(73)80(72-55(13)50(8)52(10)57(15)74(72)81)75-62(20)70-59(17)60(18)85(99(101(90)91)102(92)93)86(82(70)83(87)84(75)97-88)100(103(94)95)104(96)98-89/h3,5H,1-2,4,6-20H3. The molecule has 18 heteroatoms. The zero-order valence-electron chi connectivity index (χ0n) is 62.5. The van der Waals surface area contributed by atoms with E-state index in [1.165, 1.54) is 7.06 Å². The monoisotopic (exact) mass is 1290 g/mol. The zero-order valence-corrected chi connectivity index (χ0v) is 62.5. The van der Waals surface area contributed by atoms with Gasteiger partial charge in [-0.3, -0.25) is 0 Å². The lowest BCUT2D eigenvalue weighted by atomic mass is 8.67. The van der Waals surface area contributed by atoms with Gasteiger partial charge < -0.3 is 0 Å². The normalized spacial score (nSPS) is 9.58. The first-order chi connectivity index (χ1) is 49.6. The van der Waals surface area contributed by atoms with Crippen LogP contribution in [0.3, 0.4) is 0 Å². The summed E-state index contributed by atoms with van der Waals surface area (Å²) in [7, 11) is 72.2. The van der Waals surface area contributed by atoms with Gasteiger partial charge in [0.05, 0.1) is 36.8 Å². The zero-order chi connectivity index (χ0) is 76.6. The third kappa shape index (κ3) is 14.0. The Bertz CT molecular complexity index is 6100. The minimum atomic E-state index is -1.10. The van der Waals surface area contributed by atoms with Crippen molar-refractivity contribution in [3.8, 4) is 201 Å². The maximum atomic E-state index is 8.00. The van der Waals surface area contributed by atoms with Crippen LogP contribution in [0.5, 0.6) is 0 Å². The quantitative estimate of drug-likeness (QED) is 0.0643. The number of aryl methyl sites for hydroxylation is 8. The van der Waals surface area contributed by atoms with Gasteiger partial charge in [0.2, 0.25) is 0 Å². The van der Waals surface area contributed by atoms with Gasteiger partial charge in [-0.1, -0.05) is 75.2 Å². The summed E-state index contributed by atoms with van der Waals surface area (Å²) in [6.07, 6.45) is 7.85. The van der Waals surface area contributed by atoms with Crippen molar-refractivity contribution in [1.29, 1.82) is 0 Å². The van der Waals surface area contributed by atoms with E-state index in [2.05, 4.69) is 242 Å². The molecule has 0 saturated carbocycles. The van der Waals surface area contributed by atoms with Gasteiger partial charge in [0.25, 0.3) is 0 Å². The van der Waals surface area contributed by atoms with Crippen molar-refractivity contribution in [3.05, 3.63) is 111 Å². The van der Waals surface area contributed by atoms with Crippen molar-refractivity contribution in [2.75, 3.05) is 0 Å². The fourth-order valence-electron chi connectivity index (χ4n) is 15.1. The molecule has 104 heavy (non-hydrogen) atoms. The largest absolute Gasteiger partial charge is 0.113 e. The molecule has 0 N–H and O–H groups in total. The first-order valence-corrected chi connectivity index (χ1v) is 33.6. The Morgan fingerprint density at radius 2 is 0.654 bits per heavy atom. The van der Waals surface area contributed by atoms with Crippen LogP contribution in [0.4, 0.5) is 0 Å². The van der Waals surface area contributed by atoms with E-state index < -0.39 is 38.5 Å². The predicted octanol–water partition coefficient (Wildman–Crippen LogP) is 6.43. The van der Waals surface area contributed by atoms with Crippen LogP contribution in [0.1, 0.15) is 139 Å². The van der Waals surface area contributed by atoms with Gasteiger partial charge >= 0.3 is 0 Å². The highest BCUT2D eigenvalue weighted by Gasteiger charge is 2.39. The lowest BCUT2D eigenvalue weighted by molar-refractivity contribution is 1.24. The van der Waals surface area contributed by atoms with Crippen LogP contribution in [0, 0.1) is 276 Å². The SMILES string of the molecule is [B][B]B([B])B(B([B])[B])c1c(B(B([B])[B])B([B])[B])c(C)c(C)c2c(C)c(-c3c4c(C)c(C)c(C)c(C)c4c(-c4c(C#CC#CC#CC)c(C#CC#CC#C)c(C#CC#CC)c5c4c(C#CC#CC#CC#CC)c(C)c4c(C)c(C)c(C#CC)c(C#CC#C)c45)c4c(C)c(C)c(C)c(C)c34)c([B][B])c([B])c12. The van der Waals surface area contributed by atoms with Crippen LogP contribution in [-0.4, -0.2) is 130 Å². The van der Waals surface area contributed by atoms with Crippen LogP contribution < -0.4 is 21.9 Å². The topological polar surface area (TPSA) is 0 Å². The van der Waals surface area contributed by atoms with E-state index in [-0.39, 0.29) is 0 Å². The molecule has 0 aliphatic carbocycles. The van der Waals surface area contributed by atoms with Crippen LogP contribution in [0.2, 0.25) is 0 Å². The van der Waals surface area contributed by atoms with Crippen LogP contribution in [-0.2, 0) is 0 Å². The Hall–Kier alpha value is -10.4. The molecule has 0 amide bonds. The molecule has 0 spiro atoms. The predicted molar refractivity (Wildman–Crippen MR) is 469 cm³/mol. The average Bonchev–Trinajstić information content (AvgIpc) is 0.681. The summed E-state index contributed by atoms with van der Waals surface area (Å²) < 4.78 is 0. The molecule has 8 rings (SSSR count). The van der Waals surface area contributed by atoms with E-state index in [0.717, 1.165) is 127 Å². The maximum Gasteiger partial charge on any atom is 0.113 e. The molecule has 22 radical (unpaired) electrons. The molecular formula is C86H56B18. The molecule has 8 aromatic carbocycles. The summed E-state index contributed by atoms with van der Waals surface area (Å²) in [5.74, 6) is 85.9. The molecule has 0 fully saturated rings. The number of rotatable bonds is 10. The number of hydrogen-bond donors (Lipinski definition) is 0. The smallest absolute Gasteiger partial charge is 0.106 e. The van der Waals surface area contributed by atoms with Gasteiger partial charge in [-0.15, -0.1) is 24.2 Å². The lowest BCUT2D eigenvalue weighted by Gasteiger charge is -2.37. The molecular weight excluding hydrogens is 1230 g/mol. The highest BCUT2D eigenvalue weighted by molar-refractivity contribution is 7.89. The van der Waals surface area contributed by atoms with Gasteiger partial charge in [-0.25, -0.2) is 0 Å². The summed E-state index contributed by atoms with van der Waals surface area (Å²) in [5, 5.41) is 7.59. The van der Waals surface area contributed by atoms with E-state index in [1.54, 1.807) is 34.9 Å². The van der Waals surface area contributed by atoms with Gasteiger partial charge in [-0.2, -0.15) is 0 Å². The highest BCUT2D eigenvalue weighted by atomic mass is 14.4. The maximum absolute atomic E-state index is 8.00. The van der Waals surface area contributed by atoms with Crippen molar-refractivity contribution in [1.82, 2.24) is 0 Å². The molecule has 0 aliphatic heterocycles. The molecule has 0 nitrogen and oxygen atoms in total. The van der Waals surface area contributed by atoms with Gasteiger partial charge in [0.15, 0.2) is 0 Å². The van der Waals surface area contributed by atoms with Gasteiger partial charge in [0, 0.05) is 141 Å². The van der Waals surface area contributed by atoms with E-state index in [1.807, 2.05) is 20.8 Å². The van der Waals surface area contributed by atoms with E-state index >= 15 is 0 Å². The fourth-order valence-corrected chi connectivity index (χ4v) is 15.1. The third-order valence-electron chi connectivity index (χ3n) is 20.5. The summed E-state index contributed by atoms with van der Waals surface area (Å²) >= 11 is 0. The average molecular weight is 1280 g/mol. The molecule has 0 bridgehead atoms. The number of terminal acetylenes is 2. The van der Waals surface area contributed by atoms with Gasteiger partial charge in [0.1, 0.15) is 7.85 Å². The van der Waals surface area contributed by atoms with Crippen LogP contribution >= 0.6 is 0 Å². The Labute approximate surface area is 638 Å². The summed E-state index contributed by atoms with van der Waals surface area (Å²) in [6, 6.07) is 0. The van der Waals surface area contributed by atoms with Crippen LogP contribution in [0.15, 0.2) is 0 Å². The van der Waals surface area contributed by atoms with Gasteiger partial charge in [-0.05, 0) is 358 Å². The van der Waals surface area contributed by atoms with Crippen molar-refractivity contribution in [2.24, 2.45) is 0 Å². The molecule has 8 aromatic rings. The Balaban J connectivity index is 1.99. The van der Waals surface area contributed by atoms with E-state index in [0.29, 0.717) is 82.3 Å². The minimum Gasteiger partial charge on any atom is -0.106 e. The second kappa shape index (κ2) is 33.8. The molecule has 0 saturated heterocycles. The second-order valence-electron chi connectivity index (χ2n) is 25.7. The van der Waals surface area contributed by atoms with Crippen LogP contribution in [0.25, 0.3) is 76.1 Å². The first-order valence-electron chi connectivity index (χ1n) is 33.6. The molecule has 0 heterocycles. The molecule has 0 aliphatic rings. The first kappa shape index (κ1) is 79.3. The Morgan fingerprint density at radius 3 is 1.12 bits per heavy atom.